The van der Waals surface area contributed by atoms with Crippen LogP contribution in [0.1, 0.15) is 30.8 Å². The summed E-state index contributed by atoms with van der Waals surface area (Å²) in [6.45, 7) is 3.06. The van der Waals surface area contributed by atoms with Crippen LogP contribution >= 0.6 is 11.6 Å². The average Bonchev–Trinajstić information content (AvgIpc) is 2.87. The van der Waals surface area contributed by atoms with E-state index in [1.165, 1.54) is 6.07 Å². The molecule has 2 aromatic rings. The van der Waals surface area contributed by atoms with E-state index in [1.807, 2.05) is 19.3 Å². The normalized spacial score (nSPS) is 12.6. The van der Waals surface area contributed by atoms with Crippen LogP contribution < -0.4 is 5.32 Å². The zero-order valence-electron chi connectivity index (χ0n) is 11.7. The Morgan fingerprint density at radius 3 is 2.95 bits per heavy atom. The molecule has 0 amide bonds. The van der Waals surface area contributed by atoms with Crippen molar-refractivity contribution in [3.63, 3.8) is 0 Å². The molecule has 0 aliphatic rings. The number of imidazole rings is 1. The standard InChI is InChI=1S/C15H19ClFN3/c1-3-8-20-9-7-19-14(20)10-13(18-2)11-5-4-6-12(17)15(11)16/h4-7,9,13,18H,3,8,10H2,1-2H3. The fourth-order valence-corrected chi connectivity index (χ4v) is 2.57. The Bertz CT molecular complexity index is 568. The van der Waals surface area contributed by atoms with Gasteiger partial charge >= 0.3 is 0 Å². The van der Waals surface area contributed by atoms with Gasteiger partial charge in [0.25, 0.3) is 0 Å². The van der Waals surface area contributed by atoms with E-state index in [0.717, 1.165) is 24.4 Å². The van der Waals surface area contributed by atoms with Gasteiger partial charge in [-0.1, -0.05) is 30.7 Å². The summed E-state index contributed by atoms with van der Waals surface area (Å²) >= 11 is 6.07. The zero-order valence-corrected chi connectivity index (χ0v) is 12.5. The summed E-state index contributed by atoms with van der Waals surface area (Å²) in [5.41, 5.74) is 0.764. The van der Waals surface area contributed by atoms with Crippen molar-refractivity contribution in [2.45, 2.75) is 32.4 Å². The second-order valence-corrected chi connectivity index (χ2v) is 5.10. The quantitative estimate of drug-likeness (QED) is 0.882. The number of likely N-dealkylation sites (N-methyl/N-ethyl adjacent to an activating group) is 1. The van der Waals surface area contributed by atoms with Gasteiger partial charge in [-0.25, -0.2) is 9.37 Å². The lowest BCUT2D eigenvalue weighted by molar-refractivity contribution is 0.538. The molecule has 1 unspecified atom stereocenters. The summed E-state index contributed by atoms with van der Waals surface area (Å²) in [7, 11) is 1.85. The third-order valence-corrected chi connectivity index (χ3v) is 3.76. The highest BCUT2D eigenvalue weighted by atomic mass is 35.5. The Morgan fingerprint density at radius 2 is 2.25 bits per heavy atom. The topological polar surface area (TPSA) is 29.9 Å². The minimum absolute atomic E-state index is 0.0591. The molecule has 0 saturated carbocycles. The maximum atomic E-state index is 13.6. The van der Waals surface area contributed by atoms with Crippen molar-refractivity contribution >= 4 is 11.6 Å². The van der Waals surface area contributed by atoms with Crippen LogP contribution in [0.25, 0.3) is 0 Å². The molecule has 1 N–H and O–H groups in total. The Hall–Kier alpha value is -1.39. The van der Waals surface area contributed by atoms with E-state index in [9.17, 15) is 4.39 Å². The molecule has 0 saturated heterocycles. The van der Waals surface area contributed by atoms with E-state index in [0.29, 0.717) is 6.42 Å². The van der Waals surface area contributed by atoms with Crippen LogP contribution in [0.3, 0.4) is 0 Å². The van der Waals surface area contributed by atoms with Gasteiger partial charge in [0.15, 0.2) is 0 Å². The van der Waals surface area contributed by atoms with E-state index in [1.54, 1.807) is 12.3 Å². The second-order valence-electron chi connectivity index (χ2n) is 4.73. The van der Waals surface area contributed by atoms with Gasteiger partial charge in [0.2, 0.25) is 0 Å². The molecular formula is C15H19ClFN3. The lowest BCUT2D eigenvalue weighted by atomic mass is 10.0. The highest BCUT2D eigenvalue weighted by molar-refractivity contribution is 6.31. The molecular weight excluding hydrogens is 277 g/mol. The van der Waals surface area contributed by atoms with Gasteiger partial charge in [-0.05, 0) is 25.1 Å². The number of rotatable bonds is 6. The fraction of sp³-hybridized carbons (Fsp3) is 0.400. The summed E-state index contributed by atoms with van der Waals surface area (Å²) in [6, 6.07) is 4.84. The number of hydrogen-bond donors (Lipinski definition) is 1. The molecule has 3 nitrogen and oxygen atoms in total. The van der Waals surface area contributed by atoms with Gasteiger partial charge < -0.3 is 9.88 Å². The number of nitrogens with zero attached hydrogens (tertiary/aromatic N) is 2. The highest BCUT2D eigenvalue weighted by Crippen LogP contribution is 2.27. The summed E-state index contributed by atoms with van der Waals surface area (Å²) in [5, 5.41) is 3.37. The van der Waals surface area contributed by atoms with E-state index in [4.69, 9.17) is 11.6 Å². The molecule has 0 spiro atoms. The largest absolute Gasteiger partial charge is 0.335 e. The molecule has 20 heavy (non-hydrogen) atoms. The number of aryl methyl sites for hydroxylation is 1. The summed E-state index contributed by atoms with van der Waals surface area (Å²) in [5.74, 6) is 0.591. The molecule has 5 heteroatoms. The van der Waals surface area contributed by atoms with Crippen LogP contribution in [0, 0.1) is 5.82 Å². The summed E-state index contributed by atoms with van der Waals surface area (Å²) in [6.07, 6.45) is 5.49. The van der Waals surface area contributed by atoms with Crippen molar-refractivity contribution in [3.8, 4) is 0 Å². The molecule has 1 aromatic heterocycles. The van der Waals surface area contributed by atoms with Gasteiger partial charge in [0, 0.05) is 31.4 Å². The zero-order chi connectivity index (χ0) is 14.5. The van der Waals surface area contributed by atoms with Crippen molar-refractivity contribution in [3.05, 3.63) is 52.8 Å². The minimum atomic E-state index is -0.388. The molecule has 1 aromatic carbocycles. The van der Waals surface area contributed by atoms with Crippen LogP contribution in [0.15, 0.2) is 30.6 Å². The number of aromatic nitrogens is 2. The fourth-order valence-electron chi connectivity index (χ4n) is 2.31. The first-order chi connectivity index (χ1) is 9.67. The van der Waals surface area contributed by atoms with Gasteiger partial charge in [-0.3, -0.25) is 0 Å². The van der Waals surface area contributed by atoms with Crippen LogP contribution in [0.2, 0.25) is 5.02 Å². The number of hydrogen-bond acceptors (Lipinski definition) is 2. The van der Waals surface area contributed by atoms with Crippen molar-refractivity contribution in [1.29, 1.82) is 0 Å². The van der Waals surface area contributed by atoms with Crippen LogP contribution in [-0.2, 0) is 13.0 Å². The average molecular weight is 296 g/mol. The highest BCUT2D eigenvalue weighted by Gasteiger charge is 2.18. The summed E-state index contributed by atoms with van der Waals surface area (Å²) in [4.78, 5) is 4.39. The first kappa shape index (κ1) is 15.0. The molecule has 0 aliphatic carbocycles. The molecule has 0 radical (unpaired) electrons. The lowest BCUT2D eigenvalue weighted by Crippen LogP contribution is -2.21. The first-order valence-electron chi connectivity index (χ1n) is 6.78. The smallest absolute Gasteiger partial charge is 0.142 e. The Kier molecular flexibility index (Phi) is 5.15. The summed E-state index contributed by atoms with van der Waals surface area (Å²) < 4.78 is 15.7. The predicted octanol–water partition coefficient (Wildman–Crippen LogP) is 3.59. The Labute approximate surface area is 123 Å². The minimum Gasteiger partial charge on any atom is -0.335 e. The number of benzene rings is 1. The van der Waals surface area contributed by atoms with Crippen molar-refractivity contribution in [2.75, 3.05) is 7.05 Å². The third-order valence-electron chi connectivity index (χ3n) is 3.36. The molecule has 1 atom stereocenters. The molecule has 0 aliphatic heterocycles. The van der Waals surface area contributed by atoms with Gasteiger partial charge in [0.1, 0.15) is 11.6 Å². The number of halogens is 2. The van der Waals surface area contributed by atoms with Gasteiger partial charge in [-0.2, -0.15) is 0 Å². The van der Waals surface area contributed by atoms with E-state index in [-0.39, 0.29) is 16.9 Å². The number of nitrogens with one attached hydrogen (secondary N) is 1. The molecule has 0 fully saturated rings. The van der Waals surface area contributed by atoms with Gasteiger partial charge in [0.05, 0.1) is 5.02 Å². The maximum Gasteiger partial charge on any atom is 0.142 e. The van der Waals surface area contributed by atoms with Crippen molar-refractivity contribution in [2.24, 2.45) is 0 Å². The van der Waals surface area contributed by atoms with Gasteiger partial charge in [-0.15, -0.1) is 0 Å². The maximum absolute atomic E-state index is 13.6. The van der Waals surface area contributed by atoms with Crippen molar-refractivity contribution in [1.82, 2.24) is 14.9 Å². The van der Waals surface area contributed by atoms with E-state index < -0.39 is 0 Å². The second kappa shape index (κ2) is 6.86. The van der Waals surface area contributed by atoms with E-state index >= 15 is 0 Å². The molecule has 1 heterocycles. The van der Waals surface area contributed by atoms with Crippen LogP contribution in [0.4, 0.5) is 4.39 Å². The molecule has 0 bridgehead atoms. The van der Waals surface area contributed by atoms with Crippen LogP contribution in [-0.4, -0.2) is 16.6 Å². The lowest BCUT2D eigenvalue weighted by Gasteiger charge is -2.18. The Morgan fingerprint density at radius 1 is 1.45 bits per heavy atom. The predicted molar refractivity (Wildman–Crippen MR) is 79.4 cm³/mol. The third kappa shape index (κ3) is 3.19. The van der Waals surface area contributed by atoms with Crippen molar-refractivity contribution < 1.29 is 4.39 Å². The molecule has 108 valence electrons. The monoisotopic (exact) mass is 295 g/mol. The molecule has 2 rings (SSSR count). The van der Waals surface area contributed by atoms with Crippen LogP contribution in [0.5, 0.6) is 0 Å². The van der Waals surface area contributed by atoms with E-state index in [2.05, 4.69) is 21.8 Å². The SMILES string of the molecule is CCCn1ccnc1CC(NC)c1cccc(F)c1Cl. The Balaban J connectivity index is 2.24. The first-order valence-corrected chi connectivity index (χ1v) is 7.16.